The van der Waals surface area contributed by atoms with Crippen molar-refractivity contribution in [3.05, 3.63) is 122 Å². The number of imide groups is 2. The van der Waals surface area contributed by atoms with Gasteiger partial charge in [-0.25, -0.2) is 9.69 Å². The van der Waals surface area contributed by atoms with Crippen LogP contribution in [0.4, 0.5) is 10.5 Å². The third kappa shape index (κ3) is 7.24. The van der Waals surface area contributed by atoms with E-state index in [1.54, 1.807) is 42.5 Å². The third-order valence-corrected chi connectivity index (χ3v) is 7.67. The van der Waals surface area contributed by atoms with Crippen molar-refractivity contribution >= 4 is 68.7 Å². The van der Waals surface area contributed by atoms with Crippen LogP contribution in [0.1, 0.15) is 23.6 Å². The van der Waals surface area contributed by atoms with Crippen molar-refractivity contribution < 1.29 is 28.6 Å². The van der Waals surface area contributed by atoms with Gasteiger partial charge in [0.05, 0.1) is 17.3 Å². The molecule has 0 radical (unpaired) electrons. The molecule has 1 saturated heterocycles. The topological polar surface area (TPSA) is 94.2 Å². The molecule has 0 aliphatic carbocycles. The highest BCUT2D eigenvalue weighted by atomic mass is 79.9. The van der Waals surface area contributed by atoms with Crippen molar-refractivity contribution in [3.8, 4) is 17.2 Å². The summed E-state index contributed by atoms with van der Waals surface area (Å²) in [7, 11) is 0. The van der Waals surface area contributed by atoms with E-state index in [0.29, 0.717) is 34.4 Å². The summed E-state index contributed by atoms with van der Waals surface area (Å²) in [6.07, 6.45) is 1.35. The molecule has 0 aromatic heterocycles. The van der Waals surface area contributed by atoms with Gasteiger partial charge in [-0.05, 0) is 78.7 Å². The van der Waals surface area contributed by atoms with Gasteiger partial charge in [0.25, 0.3) is 11.8 Å². The molecule has 44 heavy (non-hydrogen) atoms. The Morgan fingerprint density at radius 2 is 1.57 bits per heavy atom. The lowest BCUT2D eigenvalue weighted by Crippen LogP contribution is -2.54. The summed E-state index contributed by atoms with van der Waals surface area (Å²) in [6, 6.07) is 23.6. The fourth-order valence-electron chi connectivity index (χ4n) is 4.34. The molecular formula is C33H25BrCl2N2O6. The number of hydrogen-bond acceptors (Lipinski definition) is 6. The quantitative estimate of drug-likeness (QED) is 0.134. The molecule has 0 atom stereocenters. The molecule has 0 unspecified atom stereocenters. The molecule has 1 fully saturated rings. The van der Waals surface area contributed by atoms with E-state index in [9.17, 15) is 14.4 Å². The fourth-order valence-corrected chi connectivity index (χ4v) is 5.07. The number of hydrogen-bond donors (Lipinski definition) is 1. The standard InChI is InChI=1S/C33H25BrCl2N2O6/c1-2-42-29-17-21(16-28(36)30(29)44-18-20-7-9-23(34)10-8-20)15-26-31(39)37-33(41)38(32(26)40)24-11-13-25(14-12-24)43-19-22-5-3-4-6-27(22)35/h3-17H,2,18-19H2,1H3,(H,37,39,41)/b26-15+. The fraction of sp³-hybridized carbons (Fsp3) is 0.121. The van der Waals surface area contributed by atoms with Crippen LogP contribution < -0.4 is 24.4 Å². The summed E-state index contributed by atoms with van der Waals surface area (Å²) < 4.78 is 18.5. The molecule has 4 aromatic carbocycles. The van der Waals surface area contributed by atoms with E-state index in [0.717, 1.165) is 20.5 Å². The predicted octanol–water partition coefficient (Wildman–Crippen LogP) is 7.98. The Bertz CT molecular complexity index is 1740. The first-order valence-electron chi connectivity index (χ1n) is 13.4. The summed E-state index contributed by atoms with van der Waals surface area (Å²) in [5.41, 5.74) is 2.14. The lowest BCUT2D eigenvalue weighted by molar-refractivity contribution is -0.122. The second kappa shape index (κ2) is 14.0. The van der Waals surface area contributed by atoms with Gasteiger partial charge < -0.3 is 14.2 Å². The Kier molecular flexibility index (Phi) is 9.89. The minimum atomic E-state index is -0.869. The zero-order valence-corrected chi connectivity index (χ0v) is 26.4. The number of ether oxygens (including phenoxy) is 3. The van der Waals surface area contributed by atoms with Gasteiger partial charge in [-0.3, -0.25) is 14.9 Å². The highest BCUT2D eigenvalue weighted by molar-refractivity contribution is 9.10. The molecule has 224 valence electrons. The van der Waals surface area contributed by atoms with Crippen LogP contribution >= 0.6 is 39.1 Å². The molecule has 1 aliphatic heterocycles. The van der Waals surface area contributed by atoms with Crippen LogP contribution in [-0.4, -0.2) is 24.5 Å². The summed E-state index contributed by atoms with van der Waals surface area (Å²) >= 11 is 16.2. The SMILES string of the molecule is CCOc1cc(/C=C2\C(=O)NC(=O)N(c3ccc(OCc4ccccc4Cl)cc3)C2=O)cc(Cl)c1OCc1ccc(Br)cc1. The van der Waals surface area contributed by atoms with Crippen LogP contribution in [0.5, 0.6) is 17.2 Å². The van der Waals surface area contributed by atoms with Crippen LogP contribution in [0.3, 0.4) is 0 Å². The van der Waals surface area contributed by atoms with Crippen molar-refractivity contribution in [2.24, 2.45) is 0 Å². The zero-order valence-electron chi connectivity index (χ0n) is 23.3. The average Bonchev–Trinajstić information content (AvgIpc) is 3.00. The van der Waals surface area contributed by atoms with Gasteiger partial charge in [0.1, 0.15) is 24.5 Å². The number of benzene rings is 4. The first-order valence-corrected chi connectivity index (χ1v) is 15.0. The second-order valence-electron chi connectivity index (χ2n) is 9.51. The molecule has 1 heterocycles. The number of amides is 4. The predicted molar refractivity (Wildman–Crippen MR) is 172 cm³/mol. The normalized spacial score (nSPS) is 14.0. The largest absolute Gasteiger partial charge is 0.490 e. The molecule has 4 amide bonds. The monoisotopic (exact) mass is 694 g/mol. The Labute approximate surface area is 272 Å². The van der Waals surface area contributed by atoms with Gasteiger partial charge in [0, 0.05) is 15.1 Å². The maximum absolute atomic E-state index is 13.5. The summed E-state index contributed by atoms with van der Waals surface area (Å²) in [5, 5.41) is 3.04. The van der Waals surface area contributed by atoms with Crippen molar-refractivity contribution in [1.29, 1.82) is 0 Å². The van der Waals surface area contributed by atoms with E-state index in [1.165, 1.54) is 6.08 Å². The molecule has 1 aliphatic rings. The Balaban J connectivity index is 1.36. The lowest BCUT2D eigenvalue weighted by Gasteiger charge is -2.26. The number of rotatable bonds is 10. The first kappa shape index (κ1) is 31.1. The molecular weight excluding hydrogens is 671 g/mol. The molecule has 0 spiro atoms. The minimum Gasteiger partial charge on any atom is -0.490 e. The highest BCUT2D eigenvalue weighted by Gasteiger charge is 2.37. The van der Waals surface area contributed by atoms with Crippen molar-refractivity contribution in [3.63, 3.8) is 0 Å². The van der Waals surface area contributed by atoms with Gasteiger partial charge in [-0.15, -0.1) is 0 Å². The zero-order chi connectivity index (χ0) is 31.2. The molecule has 4 aromatic rings. The highest BCUT2D eigenvalue weighted by Crippen LogP contribution is 2.38. The smallest absolute Gasteiger partial charge is 0.335 e. The molecule has 11 heteroatoms. The number of barbiturate groups is 1. The van der Waals surface area contributed by atoms with Crippen LogP contribution in [0.25, 0.3) is 6.08 Å². The van der Waals surface area contributed by atoms with Gasteiger partial charge in [-0.2, -0.15) is 0 Å². The van der Waals surface area contributed by atoms with Crippen molar-refractivity contribution in [2.45, 2.75) is 20.1 Å². The molecule has 0 saturated carbocycles. The molecule has 0 bridgehead atoms. The molecule has 8 nitrogen and oxygen atoms in total. The number of nitrogens with one attached hydrogen (secondary N) is 1. The van der Waals surface area contributed by atoms with Crippen LogP contribution in [-0.2, 0) is 22.8 Å². The molecule has 5 rings (SSSR count). The van der Waals surface area contributed by atoms with Crippen molar-refractivity contribution in [1.82, 2.24) is 5.32 Å². The number of carbonyl (C=O) groups excluding carboxylic acids is 3. The van der Waals surface area contributed by atoms with E-state index >= 15 is 0 Å². The van der Waals surface area contributed by atoms with Gasteiger partial charge in [0.2, 0.25) is 0 Å². The van der Waals surface area contributed by atoms with Crippen LogP contribution in [0.15, 0.2) is 95.0 Å². The lowest BCUT2D eigenvalue weighted by atomic mass is 10.1. The third-order valence-electron chi connectivity index (χ3n) is 6.49. The number of halogens is 3. The van der Waals surface area contributed by atoms with E-state index < -0.39 is 17.8 Å². The number of nitrogens with zero attached hydrogens (tertiary/aromatic N) is 1. The first-order chi connectivity index (χ1) is 21.2. The second-order valence-corrected chi connectivity index (χ2v) is 11.2. The van der Waals surface area contributed by atoms with E-state index in [1.807, 2.05) is 49.4 Å². The Morgan fingerprint density at radius 3 is 2.27 bits per heavy atom. The Hall–Kier alpha value is -4.31. The Morgan fingerprint density at radius 1 is 0.841 bits per heavy atom. The summed E-state index contributed by atoms with van der Waals surface area (Å²) in [4.78, 5) is 39.9. The van der Waals surface area contributed by atoms with E-state index in [2.05, 4.69) is 21.2 Å². The van der Waals surface area contributed by atoms with Crippen LogP contribution in [0.2, 0.25) is 10.0 Å². The van der Waals surface area contributed by atoms with Gasteiger partial charge in [-0.1, -0.05) is 69.5 Å². The van der Waals surface area contributed by atoms with E-state index in [4.69, 9.17) is 37.4 Å². The summed E-state index contributed by atoms with van der Waals surface area (Å²) in [5.74, 6) is -0.459. The van der Waals surface area contributed by atoms with Crippen molar-refractivity contribution in [2.75, 3.05) is 11.5 Å². The number of urea groups is 1. The van der Waals surface area contributed by atoms with Gasteiger partial charge >= 0.3 is 6.03 Å². The van der Waals surface area contributed by atoms with Gasteiger partial charge in [0.15, 0.2) is 11.5 Å². The maximum atomic E-state index is 13.5. The van der Waals surface area contributed by atoms with Crippen LogP contribution in [0, 0.1) is 0 Å². The number of anilines is 1. The molecule has 1 N–H and O–H groups in total. The number of carbonyl (C=O) groups is 3. The minimum absolute atomic E-state index is 0.226. The van der Waals surface area contributed by atoms with E-state index in [-0.39, 0.29) is 29.5 Å². The average molecular weight is 696 g/mol. The maximum Gasteiger partial charge on any atom is 0.335 e. The summed E-state index contributed by atoms with van der Waals surface area (Å²) in [6.45, 7) is 2.62.